The van der Waals surface area contributed by atoms with E-state index in [1.54, 1.807) is 6.07 Å². The molecule has 4 N–H and O–H groups in total. The first-order chi connectivity index (χ1) is 12.9. The summed E-state index contributed by atoms with van der Waals surface area (Å²) >= 11 is 0. The molecule has 8 heteroatoms. The van der Waals surface area contributed by atoms with Crippen LogP contribution in [0.1, 0.15) is 31.2 Å². The quantitative estimate of drug-likeness (QED) is 0.705. The van der Waals surface area contributed by atoms with E-state index in [2.05, 4.69) is 10.6 Å². The average Bonchev–Trinajstić information content (AvgIpc) is 3.14. The SMILES string of the molecule is NS(=O)(=O)c1cccc(NC(=O)NCc2ccccc2OC2CCCC2)c1. The van der Waals surface area contributed by atoms with Gasteiger partial charge >= 0.3 is 6.03 Å². The van der Waals surface area contributed by atoms with E-state index in [0.29, 0.717) is 12.2 Å². The van der Waals surface area contributed by atoms with Crippen molar-refractivity contribution in [2.24, 2.45) is 5.14 Å². The van der Waals surface area contributed by atoms with E-state index >= 15 is 0 Å². The molecule has 1 aliphatic carbocycles. The van der Waals surface area contributed by atoms with Crippen molar-refractivity contribution in [3.8, 4) is 5.75 Å². The number of carbonyl (C=O) groups excluding carboxylic acids is 1. The van der Waals surface area contributed by atoms with Crippen LogP contribution in [0.4, 0.5) is 10.5 Å². The van der Waals surface area contributed by atoms with Crippen molar-refractivity contribution in [1.82, 2.24) is 5.32 Å². The lowest BCUT2D eigenvalue weighted by atomic mass is 10.2. The summed E-state index contributed by atoms with van der Waals surface area (Å²) in [6.07, 6.45) is 4.72. The molecule has 0 saturated heterocycles. The van der Waals surface area contributed by atoms with Crippen molar-refractivity contribution in [3.05, 3.63) is 54.1 Å². The van der Waals surface area contributed by atoms with Gasteiger partial charge in [-0.15, -0.1) is 0 Å². The highest BCUT2D eigenvalue weighted by molar-refractivity contribution is 7.89. The van der Waals surface area contributed by atoms with Crippen LogP contribution >= 0.6 is 0 Å². The standard InChI is InChI=1S/C19H23N3O4S/c20-27(24,25)17-10-5-7-15(12-17)22-19(23)21-13-14-6-1-4-11-18(14)26-16-8-2-3-9-16/h1,4-7,10-12,16H,2-3,8-9,13H2,(H2,20,24,25)(H2,21,22,23). The summed E-state index contributed by atoms with van der Waals surface area (Å²) in [5.41, 5.74) is 1.23. The number of nitrogens with one attached hydrogen (secondary N) is 2. The second-order valence-electron chi connectivity index (χ2n) is 6.51. The third kappa shape index (κ3) is 5.45. The van der Waals surface area contributed by atoms with E-state index in [-0.39, 0.29) is 11.0 Å². The summed E-state index contributed by atoms with van der Waals surface area (Å²) in [6.45, 7) is 0.295. The van der Waals surface area contributed by atoms with Crippen molar-refractivity contribution < 1.29 is 17.9 Å². The van der Waals surface area contributed by atoms with Gasteiger partial charge in [0.1, 0.15) is 5.75 Å². The van der Waals surface area contributed by atoms with E-state index in [4.69, 9.17) is 9.88 Å². The lowest BCUT2D eigenvalue weighted by Gasteiger charge is -2.17. The molecule has 0 aromatic heterocycles. The number of urea groups is 1. The number of benzene rings is 2. The van der Waals surface area contributed by atoms with Gasteiger partial charge < -0.3 is 15.4 Å². The monoisotopic (exact) mass is 389 g/mol. The van der Waals surface area contributed by atoms with Gasteiger partial charge in [0.25, 0.3) is 0 Å². The third-order valence-corrected chi connectivity index (χ3v) is 5.34. The normalized spacial score (nSPS) is 14.7. The van der Waals surface area contributed by atoms with Gasteiger partial charge in [-0.1, -0.05) is 24.3 Å². The predicted octanol–water partition coefficient (Wildman–Crippen LogP) is 2.98. The van der Waals surface area contributed by atoms with Crippen LogP contribution in [-0.4, -0.2) is 20.6 Å². The number of amides is 2. The topological polar surface area (TPSA) is 111 Å². The molecule has 0 spiro atoms. The molecule has 7 nitrogen and oxygen atoms in total. The number of ether oxygens (including phenoxy) is 1. The Bertz CT molecular complexity index is 909. The van der Waals surface area contributed by atoms with Crippen molar-refractivity contribution in [3.63, 3.8) is 0 Å². The molecule has 0 atom stereocenters. The molecule has 0 radical (unpaired) electrons. The molecule has 144 valence electrons. The third-order valence-electron chi connectivity index (χ3n) is 4.43. The van der Waals surface area contributed by atoms with E-state index in [0.717, 1.165) is 24.2 Å². The zero-order valence-electron chi connectivity index (χ0n) is 14.9. The lowest BCUT2D eigenvalue weighted by Crippen LogP contribution is -2.28. The number of anilines is 1. The molecular formula is C19H23N3O4S. The van der Waals surface area contributed by atoms with Gasteiger partial charge in [-0.05, 0) is 49.9 Å². The second-order valence-corrected chi connectivity index (χ2v) is 8.07. The van der Waals surface area contributed by atoms with E-state index < -0.39 is 16.1 Å². The molecule has 1 saturated carbocycles. The summed E-state index contributed by atoms with van der Waals surface area (Å²) in [6, 6.07) is 13.0. The Balaban J connectivity index is 1.60. The van der Waals surface area contributed by atoms with Crippen LogP contribution in [0, 0.1) is 0 Å². The fourth-order valence-electron chi connectivity index (χ4n) is 3.05. The van der Waals surface area contributed by atoms with Crippen LogP contribution in [0.15, 0.2) is 53.4 Å². The highest BCUT2D eigenvalue weighted by atomic mass is 32.2. The number of nitrogens with two attached hydrogens (primary N) is 1. The van der Waals surface area contributed by atoms with Gasteiger partial charge in [0.15, 0.2) is 0 Å². The Morgan fingerprint density at radius 2 is 1.85 bits per heavy atom. The van der Waals surface area contributed by atoms with E-state index in [9.17, 15) is 13.2 Å². The number of sulfonamides is 1. The van der Waals surface area contributed by atoms with Crippen molar-refractivity contribution in [1.29, 1.82) is 0 Å². The summed E-state index contributed by atoms with van der Waals surface area (Å²) in [7, 11) is -3.82. The molecule has 2 aromatic carbocycles. The van der Waals surface area contributed by atoms with Crippen LogP contribution in [0.25, 0.3) is 0 Å². The predicted molar refractivity (Wildman–Crippen MR) is 103 cm³/mol. The first-order valence-electron chi connectivity index (χ1n) is 8.84. The summed E-state index contributed by atoms with van der Waals surface area (Å²) in [4.78, 5) is 12.1. The van der Waals surface area contributed by atoms with Crippen LogP contribution in [0.2, 0.25) is 0 Å². The minimum absolute atomic E-state index is 0.0596. The van der Waals surface area contributed by atoms with Crippen LogP contribution < -0.4 is 20.5 Å². The average molecular weight is 389 g/mol. The number of carbonyl (C=O) groups is 1. The van der Waals surface area contributed by atoms with Crippen LogP contribution in [0.3, 0.4) is 0 Å². The van der Waals surface area contributed by atoms with Gasteiger partial charge in [-0.2, -0.15) is 0 Å². The van der Waals surface area contributed by atoms with Crippen LogP contribution in [-0.2, 0) is 16.6 Å². The number of hydrogen-bond acceptors (Lipinski definition) is 4. The maximum absolute atomic E-state index is 12.2. The first kappa shape index (κ1) is 19.2. The first-order valence-corrected chi connectivity index (χ1v) is 10.4. The number of rotatable bonds is 6. The molecule has 2 amide bonds. The van der Waals surface area contributed by atoms with E-state index in [1.165, 1.54) is 31.0 Å². The van der Waals surface area contributed by atoms with Crippen molar-refractivity contribution in [2.45, 2.75) is 43.2 Å². The minimum atomic E-state index is -3.82. The minimum Gasteiger partial charge on any atom is -0.490 e. The zero-order chi connectivity index (χ0) is 19.3. The maximum atomic E-state index is 12.2. The molecular weight excluding hydrogens is 366 g/mol. The summed E-state index contributed by atoms with van der Waals surface area (Å²) < 4.78 is 28.9. The van der Waals surface area contributed by atoms with Gasteiger partial charge in [0, 0.05) is 17.8 Å². The molecule has 2 aromatic rings. The fourth-order valence-corrected chi connectivity index (χ4v) is 3.61. The Kier molecular flexibility index (Phi) is 5.98. The lowest BCUT2D eigenvalue weighted by molar-refractivity contribution is 0.207. The Morgan fingerprint density at radius 3 is 2.59 bits per heavy atom. The summed E-state index contributed by atoms with van der Waals surface area (Å²) in [5, 5.41) is 10.5. The highest BCUT2D eigenvalue weighted by Crippen LogP contribution is 2.26. The Labute approximate surface area is 159 Å². The second kappa shape index (κ2) is 8.41. The Hall–Kier alpha value is -2.58. The molecule has 0 bridgehead atoms. The highest BCUT2D eigenvalue weighted by Gasteiger charge is 2.18. The van der Waals surface area contributed by atoms with Crippen molar-refractivity contribution in [2.75, 3.05) is 5.32 Å². The number of hydrogen-bond donors (Lipinski definition) is 3. The van der Waals surface area contributed by atoms with Gasteiger partial charge in [-0.25, -0.2) is 18.4 Å². The molecule has 1 aliphatic rings. The molecule has 0 aliphatic heterocycles. The Morgan fingerprint density at radius 1 is 1.11 bits per heavy atom. The van der Waals surface area contributed by atoms with Crippen LogP contribution in [0.5, 0.6) is 5.75 Å². The largest absolute Gasteiger partial charge is 0.490 e. The zero-order valence-corrected chi connectivity index (χ0v) is 15.7. The molecule has 0 heterocycles. The number of primary sulfonamides is 1. The smallest absolute Gasteiger partial charge is 0.319 e. The number of para-hydroxylation sites is 1. The molecule has 3 rings (SSSR count). The molecule has 1 fully saturated rings. The summed E-state index contributed by atoms with van der Waals surface area (Å²) in [5.74, 6) is 0.779. The molecule has 27 heavy (non-hydrogen) atoms. The van der Waals surface area contributed by atoms with Gasteiger partial charge in [0.05, 0.1) is 11.0 Å². The van der Waals surface area contributed by atoms with E-state index in [1.807, 2.05) is 24.3 Å². The van der Waals surface area contributed by atoms with Gasteiger partial charge in [0.2, 0.25) is 10.0 Å². The van der Waals surface area contributed by atoms with Crippen molar-refractivity contribution >= 4 is 21.7 Å². The maximum Gasteiger partial charge on any atom is 0.319 e. The fraction of sp³-hybridized carbons (Fsp3) is 0.316. The molecule has 0 unspecified atom stereocenters. The van der Waals surface area contributed by atoms with Gasteiger partial charge in [-0.3, -0.25) is 0 Å².